The Kier molecular flexibility index (Phi) is 6.38. The fraction of sp³-hybridized carbons (Fsp3) is 0.500. The first-order chi connectivity index (χ1) is 8.63. The Balaban J connectivity index is 2.40. The molecule has 0 spiro atoms. The minimum absolute atomic E-state index is 0.234. The molecule has 0 saturated carbocycles. The first-order valence-corrected chi connectivity index (χ1v) is 6.76. The number of nitrogens with one attached hydrogen (secondary N) is 1. The second kappa shape index (κ2) is 7.84. The van der Waals surface area contributed by atoms with Crippen LogP contribution in [0.2, 0.25) is 0 Å². The van der Waals surface area contributed by atoms with Crippen LogP contribution in [-0.2, 0) is 16.0 Å². The van der Waals surface area contributed by atoms with Crippen molar-refractivity contribution in [1.29, 1.82) is 0 Å². The topological polar surface area (TPSA) is 92.4 Å². The van der Waals surface area contributed by atoms with Gasteiger partial charge in [-0.2, -0.15) is 0 Å². The third kappa shape index (κ3) is 5.29. The molecule has 1 rings (SSSR count). The normalized spacial score (nSPS) is 12.1. The Hall–Kier alpha value is -1.40. The molecule has 6 heteroatoms. The molecule has 1 atom stereocenters. The van der Waals surface area contributed by atoms with Crippen LogP contribution in [0.3, 0.4) is 0 Å². The average Bonchev–Trinajstić information content (AvgIpc) is 2.80. The molecule has 0 aliphatic heterocycles. The summed E-state index contributed by atoms with van der Waals surface area (Å²) in [7, 11) is 0. The third-order valence-electron chi connectivity index (χ3n) is 2.50. The molecule has 100 valence electrons. The molecule has 0 radical (unpaired) electrons. The molecule has 1 amide bonds. The zero-order chi connectivity index (χ0) is 13.4. The maximum absolute atomic E-state index is 11.7. The number of carboxylic acid groups (broad SMARTS) is 1. The number of hydrogen-bond acceptors (Lipinski definition) is 4. The average molecular weight is 270 g/mol. The fourth-order valence-corrected chi connectivity index (χ4v) is 2.27. The number of unbranched alkanes of at least 4 members (excludes halogenated alkanes) is 1. The van der Waals surface area contributed by atoms with Crippen molar-refractivity contribution in [3.05, 3.63) is 22.4 Å². The second-order valence-corrected chi connectivity index (χ2v) is 5.03. The van der Waals surface area contributed by atoms with Gasteiger partial charge in [-0.15, -0.1) is 11.3 Å². The van der Waals surface area contributed by atoms with Gasteiger partial charge in [0.2, 0.25) is 5.91 Å². The van der Waals surface area contributed by atoms with Gasteiger partial charge in [0, 0.05) is 4.88 Å². The summed E-state index contributed by atoms with van der Waals surface area (Å²) in [5.41, 5.74) is 5.35. The molecule has 0 aliphatic rings. The molecule has 0 unspecified atom stereocenters. The molecule has 0 aromatic carbocycles. The second-order valence-electron chi connectivity index (χ2n) is 4.00. The van der Waals surface area contributed by atoms with E-state index in [1.807, 2.05) is 17.5 Å². The molecular formula is C12H18N2O3S. The number of aliphatic carboxylic acids is 1. The summed E-state index contributed by atoms with van der Waals surface area (Å²) < 4.78 is 0. The molecule has 1 aromatic rings. The number of thiophene rings is 1. The van der Waals surface area contributed by atoms with E-state index in [1.165, 1.54) is 11.3 Å². The molecule has 0 aliphatic carbocycles. The van der Waals surface area contributed by atoms with Gasteiger partial charge >= 0.3 is 5.97 Å². The van der Waals surface area contributed by atoms with Crippen LogP contribution in [0, 0.1) is 0 Å². The molecule has 1 aromatic heterocycles. The number of carboxylic acids is 1. The maximum Gasteiger partial charge on any atom is 0.326 e. The van der Waals surface area contributed by atoms with Crippen molar-refractivity contribution in [3.8, 4) is 0 Å². The lowest BCUT2D eigenvalue weighted by Gasteiger charge is -2.13. The van der Waals surface area contributed by atoms with E-state index in [1.54, 1.807) is 0 Å². The lowest BCUT2D eigenvalue weighted by atomic mass is 10.1. The van der Waals surface area contributed by atoms with Crippen molar-refractivity contribution in [2.24, 2.45) is 5.73 Å². The van der Waals surface area contributed by atoms with Crippen LogP contribution in [-0.4, -0.2) is 29.6 Å². The van der Waals surface area contributed by atoms with E-state index in [-0.39, 0.29) is 12.3 Å². The van der Waals surface area contributed by atoms with E-state index < -0.39 is 12.0 Å². The molecule has 18 heavy (non-hydrogen) atoms. The van der Waals surface area contributed by atoms with Crippen LogP contribution in [0.15, 0.2) is 17.5 Å². The summed E-state index contributed by atoms with van der Waals surface area (Å²) in [6, 6.07) is 2.90. The number of hydrogen-bond donors (Lipinski definition) is 3. The Morgan fingerprint density at radius 3 is 2.78 bits per heavy atom. The van der Waals surface area contributed by atoms with Crippen LogP contribution >= 0.6 is 11.3 Å². The summed E-state index contributed by atoms with van der Waals surface area (Å²) >= 11 is 1.48. The lowest BCUT2D eigenvalue weighted by Crippen LogP contribution is -2.41. The molecule has 1 heterocycles. The van der Waals surface area contributed by atoms with Crippen molar-refractivity contribution in [3.63, 3.8) is 0 Å². The van der Waals surface area contributed by atoms with Gasteiger partial charge in [0.05, 0.1) is 6.42 Å². The van der Waals surface area contributed by atoms with Crippen LogP contribution in [0.1, 0.15) is 24.1 Å². The maximum atomic E-state index is 11.7. The zero-order valence-corrected chi connectivity index (χ0v) is 10.9. The lowest BCUT2D eigenvalue weighted by molar-refractivity contribution is -0.141. The molecular weight excluding hydrogens is 252 g/mol. The summed E-state index contributed by atoms with van der Waals surface area (Å²) in [5.74, 6) is -1.25. The number of rotatable bonds is 8. The van der Waals surface area contributed by atoms with Crippen LogP contribution in [0.5, 0.6) is 0 Å². The first kappa shape index (κ1) is 14.7. The highest BCUT2D eigenvalue weighted by Gasteiger charge is 2.19. The van der Waals surface area contributed by atoms with Gasteiger partial charge in [-0.05, 0) is 37.3 Å². The minimum atomic E-state index is -0.994. The molecule has 0 fully saturated rings. The monoisotopic (exact) mass is 270 g/mol. The van der Waals surface area contributed by atoms with Gasteiger partial charge in [-0.1, -0.05) is 6.07 Å². The molecule has 0 bridgehead atoms. The number of amides is 1. The largest absolute Gasteiger partial charge is 0.480 e. The predicted octanol–water partition coefficient (Wildman–Crippen LogP) is 0.989. The van der Waals surface area contributed by atoms with Crippen molar-refractivity contribution >= 4 is 23.2 Å². The molecule has 0 saturated heterocycles. The van der Waals surface area contributed by atoms with Crippen molar-refractivity contribution in [2.75, 3.05) is 6.54 Å². The molecule has 4 N–H and O–H groups in total. The van der Waals surface area contributed by atoms with E-state index in [0.717, 1.165) is 11.3 Å². The van der Waals surface area contributed by atoms with Crippen molar-refractivity contribution in [1.82, 2.24) is 5.32 Å². The summed E-state index contributed by atoms with van der Waals surface area (Å²) in [5, 5.41) is 13.4. The molecule has 5 nitrogen and oxygen atoms in total. The van der Waals surface area contributed by atoms with Crippen LogP contribution in [0.25, 0.3) is 0 Å². The van der Waals surface area contributed by atoms with Gasteiger partial charge in [0.25, 0.3) is 0 Å². The van der Waals surface area contributed by atoms with E-state index in [4.69, 9.17) is 10.8 Å². The number of carbonyl (C=O) groups excluding carboxylic acids is 1. The van der Waals surface area contributed by atoms with Crippen LogP contribution in [0.4, 0.5) is 0 Å². The SMILES string of the molecule is NCCCC[C@H](NC(=O)Cc1cccs1)C(=O)O. The highest BCUT2D eigenvalue weighted by atomic mass is 32.1. The van der Waals surface area contributed by atoms with E-state index in [2.05, 4.69) is 5.32 Å². The minimum Gasteiger partial charge on any atom is -0.480 e. The number of nitrogens with two attached hydrogens (primary N) is 1. The Morgan fingerprint density at radius 1 is 1.44 bits per heavy atom. The van der Waals surface area contributed by atoms with Gasteiger partial charge < -0.3 is 16.2 Å². The highest BCUT2D eigenvalue weighted by molar-refractivity contribution is 7.10. The Morgan fingerprint density at radius 2 is 2.22 bits per heavy atom. The van der Waals surface area contributed by atoms with Gasteiger partial charge in [0.1, 0.15) is 6.04 Å². The summed E-state index contributed by atoms with van der Waals surface area (Å²) in [6.45, 7) is 0.537. The van der Waals surface area contributed by atoms with E-state index >= 15 is 0 Å². The van der Waals surface area contributed by atoms with Crippen molar-refractivity contribution < 1.29 is 14.7 Å². The highest BCUT2D eigenvalue weighted by Crippen LogP contribution is 2.09. The predicted molar refractivity (Wildman–Crippen MR) is 70.5 cm³/mol. The van der Waals surface area contributed by atoms with Gasteiger partial charge in [-0.3, -0.25) is 4.79 Å². The standard InChI is InChI=1S/C12H18N2O3S/c13-6-2-1-5-10(12(16)17)14-11(15)8-9-4-3-7-18-9/h3-4,7,10H,1-2,5-6,8,13H2,(H,14,15)(H,16,17)/t10-/m0/s1. The van der Waals surface area contributed by atoms with E-state index in [0.29, 0.717) is 19.4 Å². The van der Waals surface area contributed by atoms with Gasteiger partial charge in [0.15, 0.2) is 0 Å². The number of carbonyl (C=O) groups is 2. The Bertz CT molecular complexity index is 379. The van der Waals surface area contributed by atoms with Crippen LogP contribution < -0.4 is 11.1 Å². The van der Waals surface area contributed by atoms with Gasteiger partial charge in [-0.25, -0.2) is 4.79 Å². The van der Waals surface area contributed by atoms with Crippen molar-refractivity contribution in [2.45, 2.75) is 31.7 Å². The zero-order valence-electron chi connectivity index (χ0n) is 10.1. The first-order valence-electron chi connectivity index (χ1n) is 5.88. The third-order valence-corrected chi connectivity index (χ3v) is 3.37. The quantitative estimate of drug-likeness (QED) is 0.614. The fourth-order valence-electron chi connectivity index (χ4n) is 1.57. The smallest absolute Gasteiger partial charge is 0.326 e. The summed E-state index contributed by atoms with van der Waals surface area (Å²) in [4.78, 5) is 23.6. The summed E-state index contributed by atoms with van der Waals surface area (Å²) in [6.07, 6.45) is 2.12. The van der Waals surface area contributed by atoms with E-state index in [9.17, 15) is 9.59 Å². The Labute approximate surface area is 110 Å².